The summed E-state index contributed by atoms with van der Waals surface area (Å²) in [6.45, 7) is 0. The van der Waals surface area contributed by atoms with Crippen LogP contribution in [0, 0.1) is 0 Å². The molecule has 51 heavy (non-hydrogen) atoms. The van der Waals surface area contributed by atoms with E-state index in [-0.39, 0.29) is 43.6 Å². The van der Waals surface area contributed by atoms with Crippen LogP contribution in [-0.4, -0.2) is 46.3 Å². The number of aromatic hydroxyl groups is 6. The van der Waals surface area contributed by atoms with Crippen LogP contribution in [-0.2, 0) is 0 Å². The molecule has 9 heteroatoms. The van der Waals surface area contributed by atoms with Gasteiger partial charge in [-0.15, -0.1) is 0 Å². The standard InChI is InChI=1S/C42H24B2O7/c43-34-35(44)37(46)31-29(23-15-17-27-26(18-23)25-16-14-21-8-4-5-9-24(21)42(25)51-27)33-32(38(47)40(49)41(50)39(33)48)28(30(31)36(34)45)22-12-10-20(11-13-22)19-6-2-1-3-7-19/h1-18,45-50H. The molecule has 0 saturated carbocycles. The van der Waals surface area contributed by atoms with Gasteiger partial charge in [0.05, 0.1) is 0 Å². The number of benzene rings is 8. The van der Waals surface area contributed by atoms with Crippen LogP contribution in [0.25, 0.3) is 87.6 Å². The normalized spacial score (nSPS) is 11.8. The second-order valence-corrected chi connectivity index (χ2v) is 12.6. The first-order chi connectivity index (χ1) is 24.7. The Hall–Kier alpha value is -6.73. The van der Waals surface area contributed by atoms with Gasteiger partial charge in [-0.05, 0) is 45.8 Å². The quantitative estimate of drug-likeness (QED) is 0.0491. The van der Waals surface area contributed by atoms with Gasteiger partial charge in [-0.3, -0.25) is 0 Å². The average molecular weight is 662 g/mol. The fourth-order valence-corrected chi connectivity index (χ4v) is 7.38. The van der Waals surface area contributed by atoms with Gasteiger partial charge in [0.25, 0.3) is 0 Å². The minimum Gasteiger partial charge on any atom is -0.508 e. The summed E-state index contributed by atoms with van der Waals surface area (Å²) in [6.07, 6.45) is 0. The first-order valence-electron chi connectivity index (χ1n) is 16.0. The summed E-state index contributed by atoms with van der Waals surface area (Å²) in [6, 6.07) is 33.8. The van der Waals surface area contributed by atoms with Gasteiger partial charge in [-0.1, -0.05) is 102 Å². The Morgan fingerprint density at radius 1 is 0.392 bits per heavy atom. The van der Waals surface area contributed by atoms with Crippen LogP contribution in [0.4, 0.5) is 0 Å². The number of furan rings is 1. The Bertz CT molecular complexity index is 2850. The highest BCUT2D eigenvalue weighted by molar-refractivity contribution is 6.53. The van der Waals surface area contributed by atoms with E-state index in [1.165, 1.54) is 0 Å². The van der Waals surface area contributed by atoms with E-state index < -0.39 is 34.5 Å². The van der Waals surface area contributed by atoms with Crippen LogP contribution < -0.4 is 10.9 Å². The molecule has 0 amide bonds. The molecule has 4 radical (unpaired) electrons. The highest BCUT2D eigenvalue weighted by atomic mass is 16.3. The van der Waals surface area contributed by atoms with Crippen LogP contribution >= 0.6 is 0 Å². The predicted octanol–water partition coefficient (Wildman–Crippen LogP) is 7.87. The van der Waals surface area contributed by atoms with E-state index in [1.54, 1.807) is 30.3 Å². The summed E-state index contributed by atoms with van der Waals surface area (Å²) >= 11 is 0. The van der Waals surface area contributed by atoms with E-state index in [4.69, 9.17) is 20.1 Å². The highest BCUT2D eigenvalue weighted by Gasteiger charge is 2.31. The molecule has 0 saturated heterocycles. The summed E-state index contributed by atoms with van der Waals surface area (Å²) in [7, 11) is 12.6. The molecule has 6 N–H and O–H groups in total. The van der Waals surface area contributed by atoms with Crippen molar-refractivity contribution in [2.75, 3.05) is 0 Å². The van der Waals surface area contributed by atoms with Crippen LogP contribution in [0.2, 0.25) is 0 Å². The Labute approximate surface area is 292 Å². The minimum atomic E-state index is -0.973. The second kappa shape index (κ2) is 10.9. The molecule has 0 aliphatic heterocycles. The van der Waals surface area contributed by atoms with E-state index in [9.17, 15) is 30.6 Å². The third-order valence-electron chi connectivity index (χ3n) is 9.85. The lowest BCUT2D eigenvalue weighted by atomic mass is 9.74. The zero-order valence-corrected chi connectivity index (χ0v) is 26.6. The van der Waals surface area contributed by atoms with Crippen molar-refractivity contribution in [1.82, 2.24) is 0 Å². The third-order valence-corrected chi connectivity index (χ3v) is 9.85. The van der Waals surface area contributed by atoms with E-state index >= 15 is 0 Å². The van der Waals surface area contributed by atoms with E-state index in [0.717, 1.165) is 27.3 Å². The molecular weight excluding hydrogens is 638 g/mol. The van der Waals surface area contributed by atoms with Gasteiger partial charge in [-0.2, -0.15) is 0 Å². The minimum absolute atomic E-state index is 0.00269. The van der Waals surface area contributed by atoms with Crippen molar-refractivity contribution < 1.29 is 35.1 Å². The zero-order chi connectivity index (χ0) is 35.3. The first kappa shape index (κ1) is 30.3. The molecule has 0 spiro atoms. The van der Waals surface area contributed by atoms with Crippen LogP contribution in [0.3, 0.4) is 0 Å². The Morgan fingerprint density at radius 2 is 0.902 bits per heavy atom. The number of hydrogen-bond acceptors (Lipinski definition) is 7. The second-order valence-electron chi connectivity index (χ2n) is 12.6. The smallest absolute Gasteiger partial charge is 0.204 e. The number of fused-ring (bicyclic) bond motifs is 7. The molecule has 0 unspecified atom stereocenters. The van der Waals surface area contributed by atoms with Gasteiger partial charge in [0.2, 0.25) is 11.5 Å². The molecule has 8 aromatic carbocycles. The topological polar surface area (TPSA) is 135 Å². The van der Waals surface area contributed by atoms with Crippen LogP contribution in [0.15, 0.2) is 114 Å². The molecule has 9 rings (SSSR count). The molecule has 9 aromatic rings. The summed E-state index contributed by atoms with van der Waals surface area (Å²) < 4.78 is 6.32. The van der Waals surface area contributed by atoms with Crippen LogP contribution in [0.1, 0.15) is 0 Å². The maximum Gasteiger partial charge on any atom is 0.204 e. The van der Waals surface area contributed by atoms with E-state index in [2.05, 4.69) is 0 Å². The summed E-state index contributed by atoms with van der Waals surface area (Å²) in [5.74, 6) is -4.45. The number of rotatable bonds is 3. The lowest BCUT2D eigenvalue weighted by molar-refractivity contribution is 0.351. The molecular formula is C42H24B2O7. The summed E-state index contributed by atoms with van der Waals surface area (Å²) in [5, 5.41) is 71.8. The largest absolute Gasteiger partial charge is 0.508 e. The van der Waals surface area contributed by atoms with E-state index in [0.29, 0.717) is 27.7 Å². The highest BCUT2D eigenvalue weighted by Crippen LogP contribution is 2.58. The molecule has 1 heterocycles. The number of phenolic OH excluding ortho intramolecular Hbond substituents is 6. The monoisotopic (exact) mass is 662 g/mol. The van der Waals surface area contributed by atoms with Gasteiger partial charge in [0.1, 0.15) is 38.4 Å². The molecule has 0 aliphatic rings. The van der Waals surface area contributed by atoms with Gasteiger partial charge in [0.15, 0.2) is 11.5 Å². The molecule has 0 fully saturated rings. The molecule has 240 valence electrons. The number of hydrogen-bond donors (Lipinski definition) is 6. The third kappa shape index (κ3) is 4.21. The van der Waals surface area contributed by atoms with Crippen molar-refractivity contribution in [2.45, 2.75) is 0 Å². The van der Waals surface area contributed by atoms with Crippen molar-refractivity contribution in [2.24, 2.45) is 0 Å². The SMILES string of the molecule is [B]c1c([B])c(O)c2c(-c3ccc4oc5c6ccccc6ccc5c4c3)c3c(O)c(O)c(O)c(O)c3c(-c3ccc(-c4ccccc4)cc3)c2c1O. The van der Waals surface area contributed by atoms with Gasteiger partial charge >= 0.3 is 0 Å². The van der Waals surface area contributed by atoms with Crippen molar-refractivity contribution in [3.8, 4) is 67.9 Å². The molecule has 1 aromatic heterocycles. The summed E-state index contributed by atoms with van der Waals surface area (Å²) in [5.41, 5.74) is 3.50. The van der Waals surface area contributed by atoms with Gasteiger partial charge in [-0.25, -0.2) is 0 Å². The number of phenols is 6. The van der Waals surface area contributed by atoms with E-state index in [1.807, 2.05) is 78.9 Å². The zero-order valence-electron chi connectivity index (χ0n) is 26.6. The summed E-state index contributed by atoms with van der Waals surface area (Å²) in [4.78, 5) is 0. The van der Waals surface area contributed by atoms with Crippen LogP contribution in [0.5, 0.6) is 34.5 Å². The Morgan fingerprint density at radius 3 is 1.55 bits per heavy atom. The predicted molar refractivity (Wildman–Crippen MR) is 203 cm³/mol. The van der Waals surface area contributed by atoms with Gasteiger partial charge in [0, 0.05) is 48.8 Å². The lowest BCUT2D eigenvalue weighted by Crippen LogP contribution is -2.26. The molecule has 0 bridgehead atoms. The fourth-order valence-electron chi connectivity index (χ4n) is 7.38. The molecule has 0 aliphatic carbocycles. The first-order valence-corrected chi connectivity index (χ1v) is 16.0. The van der Waals surface area contributed by atoms with Gasteiger partial charge < -0.3 is 35.1 Å². The van der Waals surface area contributed by atoms with Crippen molar-refractivity contribution in [3.63, 3.8) is 0 Å². The Balaban J connectivity index is 1.45. The van der Waals surface area contributed by atoms with Crippen molar-refractivity contribution >= 4 is 80.9 Å². The molecule has 7 nitrogen and oxygen atoms in total. The van der Waals surface area contributed by atoms with Crippen molar-refractivity contribution in [3.05, 3.63) is 109 Å². The molecule has 0 atom stereocenters. The maximum absolute atomic E-state index is 11.8. The maximum atomic E-state index is 11.8. The fraction of sp³-hybridized carbons (Fsp3) is 0. The average Bonchev–Trinajstić information content (AvgIpc) is 3.55. The Kier molecular flexibility index (Phi) is 6.48. The van der Waals surface area contributed by atoms with Crippen molar-refractivity contribution in [1.29, 1.82) is 0 Å². The lowest BCUT2D eigenvalue weighted by Gasteiger charge is -2.24.